The largest absolute Gasteiger partial charge is 0.496 e. The van der Waals surface area contributed by atoms with Crippen LogP contribution in [0.2, 0.25) is 0 Å². The first-order chi connectivity index (χ1) is 16.0. The van der Waals surface area contributed by atoms with Crippen molar-refractivity contribution < 1.29 is 14.3 Å². The average molecular weight is 444 g/mol. The van der Waals surface area contributed by atoms with E-state index in [1.165, 1.54) is 0 Å². The fraction of sp³-hybridized carbons (Fsp3) is 0.200. The molecule has 0 spiro atoms. The molecule has 4 aromatic rings. The summed E-state index contributed by atoms with van der Waals surface area (Å²) in [6.07, 6.45) is 2.23. The first-order valence-corrected chi connectivity index (χ1v) is 10.6. The lowest BCUT2D eigenvalue weighted by Crippen LogP contribution is -2.14. The molecule has 0 bridgehead atoms. The SMILES string of the molecule is COc1ccc(OC(C)C)cc1-c1ccnc(NC(=O)c2nnc(Cc3ccccc3)[nH]2)c1. The van der Waals surface area contributed by atoms with Gasteiger partial charge in [-0.25, -0.2) is 4.98 Å². The number of nitrogens with one attached hydrogen (secondary N) is 2. The Morgan fingerprint density at radius 1 is 1.06 bits per heavy atom. The van der Waals surface area contributed by atoms with Crippen molar-refractivity contribution in [3.05, 3.63) is 84.1 Å². The van der Waals surface area contributed by atoms with E-state index in [1.807, 2.05) is 68.4 Å². The number of nitrogens with zero attached hydrogens (tertiary/aromatic N) is 3. The Bertz CT molecular complexity index is 1240. The lowest BCUT2D eigenvalue weighted by atomic mass is 10.1. The Balaban J connectivity index is 1.51. The van der Waals surface area contributed by atoms with E-state index >= 15 is 0 Å². The summed E-state index contributed by atoms with van der Waals surface area (Å²) in [6, 6.07) is 19.1. The maximum atomic E-state index is 12.7. The van der Waals surface area contributed by atoms with Crippen LogP contribution in [0, 0.1) is 0 Å². The van der Waals surface area contributed by atoms with Gasteiger partial charge in [0.2, 0.25) is 5.82 Å². The third kappa shape index (κ3) is 5.54. The van der Waals surface area contributed by atoms with Crippen LogP contribution in [0.3, 0.4) is 0 Å². The third-order valence-electron chi connectivity index (χ3n) is 4.82. The number of carbonyl (C=O) groups excluding carboxylic acids is 1. The van der Waals surface area contributed by atoms with E-state index in [2.05, 4.69) is 25.5 Å². The number of rotatable bonds is 8. The molecule has 8 nitrogen and oxygen atoms in total. The monoisotopic (exact) mass is 443 g/mol. The molecule has 0 aliphatic heterocycles. The van der Waals surface area contributed by atoms with Gasteiger partial charge in [-0.2, -0.15) is 0 Å². The van der Waals surface area contributed by atoms with Crippen molar-refractivity contribution in [2.45, 2.75) is 26.4 Å². The zero-order valence-electron chi connectivity index (χ0n) is 18.7. The molecule has 0 radical (unpaired) electrons. The molecule has 33 heavy (non-hydrogen) atoms. The zero-order chi connectivity index (χ0) is 23.2. The number of carbonyl (C=O) groups is 1. The second-order valence-electron chi connectivity index (χ2n) is 7.70. The summed E-state index contributed by atoms with van der Waals surface area (Å²) < 4.78 is 11.3. The van der Waals surface area contributed by atoms with Gasteiger partial charge in [0.25, 0.3) is 5.91 Å². The number of hydrogen-bond acceptors (Lipinski definition) is 6. The lowest BCUT2D eigenvalue weighted by Gasteiger charge is -2.14. The second-order valence-corrected chi connectivity index (χ2v) is 7.70. The molecule has 4 rings (SSSR count). The number of aromatic nitrogens is 4. The summed E-state index contributed by atoms with van der Waals surface area (Å²) in [6.45, 7) is 3.94. The molecule has 8 heteroatoms. The average Bonchev–Trinajstić information content (AvgIpc) is 3.28. The Hall–Kier alpha value is -4.20. The maximum absolute atomic E-state index is 12.7. The topological polar surface area (TPSA) is 102 Å². The van der Waals surface area contributed by atoms with E-state index in [1.54, 1.807) is 19.4 Å². The predicted molar refractivity (Wildman–Crippen MR) is 126 cm³/mol. The molecule has 0 aliphatic rings. The summed E-state index contributed by atoms with van der Waals surface area (Å²) >= 11 is 0. The molecule has 2 aromatic carbocycles. The normalized spacial score (nSPS) is 10.8. The minimum Gasteiger partial charge on any atom is -0.496 e. The molecule has 0 fully saturated rings. The number of hydrogen-bond donors (Lipinski definition) is 2. The summed E-state index contributed by atoms with van der Waals surface area (Å²) in [4.78, 5) is 19.9. The fourth-order valence-corrected chi connectivity index (χ4v) is 3.37. The Labute approximate surface area is 192 Å². The molecule has 168 valence electrons. The maximum Gasteiger partial charge on any atom is 0.294 e. The van der Waals surface area contributed by atoms with Gasteiger partial charge in [0, 0.05) is 18.2 Å². The number of benzene rings is 2. The molecule has 0 saturated heterocycles. The minimum atomic E-state index is -0.421. The molecule has 2 N–H and O–H groups in total. The number of amides is 1. The van der Waals surface area contributed by atoms with E-state index in [0.29, 0.717) is 23.8 Å². The number of methoxy groups -OCH3 is 1. The summed E-state index contributed by atoms with van der Waals surface area (Å²) in [5, 5.41) is 10.8. The van der Waals surface area contributed by atoms with Crippen molar-refractivity contribution >= 4 is 11.7 Å². The van der Waals surface area contributed by atoms with Crippen LogP contribution in [0.4, 0.5) is 5.82 Å². The quantitative estimate of drug-likeness (QED) is 0.416. The highest BCUT2D eigenvalue weighted by atomic mass is 16.5. The van der Waals surface area contributed by atoms with Crippen molar-refractivity contribution in [2.75, 3.05) is 12.4 Å². The fourth-order valence-electron chi connectivity index (χ4n) is 3.37. The second kappa shape index (κ2) is 9.95. The molecule has 1 amide bonds. The molecule has 0 atom stereocenters. The van der Waals surface area contributed by atoms with Crippen LogP contribution < -0.4 is 14.8 Å². The van der Waals surface area contributed by atoms with Crippen molar-refractivity contribution in [2.24, 2.45) is 0 Å². The number of ether oxygens (including phenoxy) is 2. The van der Waals surface area contributed by atoms with Crippen molar-refractivity contribution in [1.29, 1.82) is 0 Å². The highest BCUT2D eigenvalue weighted by Crippen LogP contribution is 2.34. The standard InChI is InChI=1S/C25H25N5O3/c1-16(2)33-19-9-10-21(32-3)20(15-19)18-11-12-26-22(14-18)28-25(31)24-27-23(29-30-24)13-17-7-5-4-6-8-17/h4-12,14-16H,13H2,1-3H3,(H,26,28,31)(H,27,29,30). The van der Waals surface area contributed by atoms with Gasteiger partial charge in [0.15, 0.2) is 0 Å². The number of H-pyrrole nitrogens is 1. The lowest BCUT2D eigenvalue weighted by molar-refractivity contribution is 0.101. The molecule has 0 unspecified atom stereocenters. The summed E-state index contributed by atoms with van der Waals surface area (Å²) in [5.74, 6) is 2.12. The number of aromatic amines is 1. The number of anilines is 1. The zero-order valence-corrected chi connectivity index (χ0v) is 18.7. The van der Waals surface area contributed by atoms with E-state index in [0.717, 1.165) is 22.4 Å². The van der Waals surface area contributed by atoms with E-state index in [-0.39, 0.29) is 11.9 Å². The molecule has 0 aliphatic carbocycles. The molecular weight excluding hydrogens is 418 g/mol. The van der Waals surface area contributed by atoms with Gasteiger partial charge in [0.05, 0.1) is 13.2 Å². The van der Waals surface area contributed by atoms with Crippen LogP contribution in [0.1, 0.15) is 35.9 Å². The Kier molecular flexibility index (Phi) is 6.64. The molecular formula is C25H25N5O3. The van der Waals surface area contributed by atoms with Crippen LogP contribution in [0.25, 0.3) is 11.1 Å². The van der Waals surface area contributed by atoms with E-state index in [9.17, 15) is 4.79 Å². The van der Waals surface area contributed by atoms with Crippen LogP contribution in [0.15, 0.2) is 66.9 Å². The van der Waals surface area contributed by atoms with Crippen molar-refractivity contribution in [1.82, 2.24) is 20.2 Å². The Morgan fingerprint density at radius 3 is 2.64 bits per heavy atom. The minimum absolute atomic E-state index is 0.0484. The first kappa shape index (κ1) is 22.0. The smallest absolute Gasteiger partial charge is 0.294 e. The van der Waals surface area contributed by atoms with Gasteiger partial charge >= 0.3 is 0 Å². The Morgan fingerprint density at radius 2 is 1.88 bits per heavy atom. The number of pyridine rings is 1. The van der Waals surface area contributed by atoms with Crippen LogP contribution in [-0.4, -0.2) is 39.3 Å². The van der Waals surface area contributed by atoms with Gasteiger partial charge in [-0.15, -0.1) is 10.2 Å². The summed E-state index contributed by atoms with van der Waals surface area (Å²) in [5.41, 5.74) is 2.74. The highest BCUT2D eigenvalue weighted by Gasteiger charge is 2.15. The van der Waals surface area contributed by atoms with Crippen molar-refractivity contribution in [3.63, 3.8) is 0 Å². The molecule has 2 heterocycles. The van der Waals surface area contributed by atoms with E-state index < -0.39 is 5.91 Å². The predicted octanol–water partition coefficient (Wildman–Crippen LogP) is 4.51. The van der Waals surface area contributed by atoms with E-state index in [4.69, 9.17) is 9.47 Å². The van der Waals surface area contributed by atoms with Gasteiger partial charge < -0.3 is 19.8 Å². The molecule has 0 saturated carbocycles. The first-order valence-electron chi connectivity index (χ1n) is 10.6. The van der Waals surface area contributed by atoms with Gasteiger partial charge in [-0.3, -0.25) is 4.79 Å². The van der Waals surface area contributed by atoms with Gasteiger partial charge in [-0.05, 0) is 55.3 Å². The summed E-state index contributed by atoms with van der Waals surface area (Å²) in [7, 11) is 1.61. The van der Waals surface area contributed by atoms with Crippen LogP contribution in [-0.2, 0) is 6.42 Å². The van der Waals surface area contributed by atoms with Gasteiger partial charge in [-0.1, -0.05) is 30.3 Å². The molecule has 2 aromatic heterocycles. The van der Waals surface area contributed by atoms with Gasteiger partial charge in [0.1, 0.15) is 23.1 Å². The van der Waals surface area contributed by atoms with Crippen LogP contribution >= 0.6 is 0 Å². The van der Waals surface area contributed by atoms with Crippen molar-refractivity contribution in [3.8, 4) is 22.6 Å². The highest BCUT2D eigenvalue weighted by molar-refractivity contribution is 6.01. The third-order valence-corrected chi connectivity index (χ3v) is 4.82. The van der Waals surface area contributed by atoms with Crippen LogP contribution in [0.5, 0.6) is 11.5 Å².